The van der Waals surface area contributed by atoms with E-state index < -0.39 is 11.9 Å². The van der Waals surface area contributed by atoms with E-state index in [1.807, 2.05) is 30.3 Å². The highest BCUT2D eigenvalue weighted by molar-refractivity contribution is 6.01. The molecule has 0 unspecified atom stereocenters. The number of amides is 1. The van der Waals surface area contributed by atoms with E-state index in [9.17, 15) is 9.59 Å². The van der Waals surface area contributed by atoms with Crippen molar-refractivity contribution in [2.45, 2.75) is 20.1 Å². The molecular weight excluding hydrogens is 468 g/mol. The molecule has 0 saturated heterocycles. The molecule has 1 amide bonds. The highest BCUT2D eigenvalue weighted by Crippen LogP contribution is 2.33. The van der Waals surface area contributed by atoms with Gasteiger partial charge in [0.1, 0.15) is 29.9 Å². The summed E-state index contributed by atoms with van der Waals surface area (Å²) in [4.78, 5) is 25.0. The number of aryl methyl sites for hydroxylation is 1. The van der Waals surface area contributed by atoms with Gasteiger partial charge in [-0.15, -0.1) is 15.3 Å². The zero-order valence-electron chi connectivity index (χ0n) is 18.9. The van der Waals surface area contributed by atoms with Gasteiger partial charge in [0, 0.05) is 5.56 Å². The summed E-state index contributed by atoms with van der Waals surface area (Å²) < 4.78 is 17.7. The molecule has 2 aromatic carbocycles. The van der Waals surface area contributed by atoms with Crippen molar-refractivity contribution in [3.05, 3.63) is 78.1 Å². The summed E-state index contributed by atoms with van der Waals surface area (Å²) in [5.41, 5.74) is 2.38. The van der Waals surface area contributed by atoms with E-state index in [0.717, 1.165) is 5.56 Å². The zero-order chi connectivity index (χ0) is 24.9. The van der Waals surface area contributed by atoms with Crippen molar-refractivity contribution >= 4 is 17.6 Å². The van der Waals surface area contributed by atoms with E-state index in [0.29, 0.717) is 17.0 Å². The van der Waals surface area contributed by atoms with Gasteiger partial charge in [0.2, 0.25) is 5.91 Å². The van der Waals surface area contributed by atoms with Gasteiger partial charge in [-0.3, -0.25) is 4.79 Å². The third-order valence-electron chi connectivity index (χ3n) is 5.04. The number of ether oxygens (including phenoxy) is 1. The minimum atomic E-state index is -0.681. The molecule has 5 aromatic rings. The van der Waals surface area contributed by atoms with Crippen LogP contribution in [0.4, 0.5) is 5.69 Å². The van der Waals surface area contributed by atoms with Crippen molar-refractivity contribution in [1.82, 2.24) is 35.6 Å². The molecule has 1 N–H and O–H groups in total. The fourth-order valence-electron chi connectivity index (χ4n) is 3.39. The second-order valence-electron chi connectivity index (χ2n) is 7.51. The number of carbonyl (C=O) groups is 2. The second kappa shape index (κ2) is 9.97. The first-order chi connectivity index (χ1) is 17.6. The van der Waals surface area contributed by atoms with Crippen LogP contribution in [-0.4, -0.2) is 47.4 Å². The minimum absolute atomic E-state index is 0.0816. The van der Waals surface area contributed by atoms with Gasteiger partial charge in [-0.2, -0.15) is 0 Å². The molecule has 0 bridgehead atoms. The number of hydrogen-bond donors (Lipinski definition) is 1. The molecule has 0 aliphatic carbocycles. The summed E-state index contributed by atoms with van der Waals surface area (Å²) in [7, 11) is 0. The number of tetrazole rings is 1. The number of esters is 1. The summed E-state index contributed by atoms with van der Waals surface area (Å²) in [6.07, 6.45) is 1.31. The van der Waals surface area contributed by atoms with Crippen LogP contribution in [0.2, 0.25) is 0 Å². The van der Waals surface area contributed by atoms with Gasteiger partial charge in [-0.25, -0.2) is 9.48 Å². The van der Waals surface area contributed by atoms with E-state index in [4.69, 9.17) is 13.7 Å². The summed E-state index contributed by atoms with van der Waals surface area (Å²) in [5.74, 6) is -0.318. The maximum absolute atomic E-state index is 12.7. The number of carbonyl (C=O) groups excluding carboxylic acids is 2. The molecule has 180 valence electrons. The Labute approximate surface area is 203 Å². The van der Waals surface area contributed by atoms with Gasteiger partial charge in [0.25, 0.3) is 11.8 Å². The molecule has 13 heteroatoms. The second-order valence-corrected chi connectivity index (χ2v) is 7.51. The summed E-state index contributed by atoms with van der Waals surface area (Å²) >= 11 is 0. The van der Waals surface area contributed by atoms with E-state index >= 15 is 0 Å². The van der Waals surface area contributed by atoms with Crippen LogP contribution >= 0.6 is 0 Å². The Balaban J connectivity index is 1.27. The molecule has 5 rings (SSSR count). The quantitative estimate of drug-likeness (QED) is 0.321. The van der Waals surface area contributed by atoms with Crippen molar-refractivity contribution in [1.29, 1.82) is 0 Å². The third-order valence-corrected chi connectivity index (χ3v) is 5.04. The first kappa shape index (κ1) is 22.6. The summed E-state index contributed by atoms with van der Waals surface area (Å²) in [6.45, 7) is 1.35. The lowest BCUT2D eigenvalue weighted by atomic mass is 10.1. The highest BCUT2D eigenvalue weighted by Gasteiger charge is 2.23. The minimum Gasteiger partial charge on any atom is -0.452 e. The molecule has 0 atom stereocenters. The Morgan fingerprint density at radius 3 is 2.67 bits per heavy atom. The van der Waals surface area contributed by atoms with Crippen molar-refractivity contribution in [3.63, 3.8) is 0 Å². The number of rotatable bonds is 8. The Morgan fingerprint density at radius 2 is 1.86 bits per heavy atom. The number of aromatic nitrogens is 7. The lowest BCUT2D eigenvalue weighted by Crippen LogP contribution is -2.21. The van der Waals surface area contributed by atoms with Gasteiger partial charge in [0.15, 0.2) is 6.61 Å². The fraction of sp³-hybridized carbons (Fsp3) is 0.130. The molecule has 0 aliphatic heterocycles. The monoisotopic (exact) mass is 486 g/mol. The predicted molar refractivity (Wildman–Crippen MR) is 122 cm³/mol. The van der Waals surface area contributed by atoms with Gasteiger partial charge in [-0.1, -0.05) is 47.6 Å². The normalized spacial score (nSPS) is 10.8. The maximum Gasteiger partial charge on any atom is 0.340 e. The van der Waals surface area contributed by atoms with Crippen LogP contribution in [0.5, 0.6) is 0 Å². The molecule has 0 spiro atoms. The Kier molecular flexibility index (Phi) is 6.25. The van der Waals surface area contributed by atoms with Gasteiger partial charge < -0.3 is 19.0 Å². The van der Waals surface area contributed by atoms with Crippen molar-refractivity contribution in [2.24, 2.45) is 0 Å². The van der Waals surface area contributed by atoms with Gasteiger partial charge >= 0.3 is 5.97 Å². The van der Waals surface area contributed by atoms with E-state index in [2.05, 4.69) is 36.2 Å². The smallest absolute Gasteiger partial charge is 0.340 e. The lowest BCUT2D eigenvalue weighted by molar-refractivity contribution is -0.116. The zero-order valence-corrected chi connectivity index (χ0v) is 18.9. The Hall–Kier alpha value is -5.20. The van der Waals surface area contributed by atoms with Crippen LogP contribution in [0.3, 0.4) is 0 Å². The molecule has 0 aliphatic rings. The van der Waals surface area contributed by atoms with Crippen molar-refractivity contribution < 1.29 is 23.3 Å². The molecule has 3 heterocycles. The van der Waals surface area contributed by atoms with Crippen LogP contribution in [0, 0.1) is 6.92 Å². The highest BCUT2D eigenvalue weighted by atomic mass is 16.5. The topological polar surface area (TPSA) is 164 Å². The van der Waals surface area contributed by atoms with Crippen LogP contribution in [-0.2, 0) is 22.7 Å². The summed E-state index contributed by atoms with van der Waals surface area (Å²) in [5, 5.41) is 25.4. The molecule has 0 fully saturated rings. The first-order valence-corrected chi connectivity index (χ1v) is 10.7. The number of nitrogens with one attached hydrogen (secondary N) is 1. The SMILES string of the molecule is Cc1onc(-c2ccccc2)c1-c1nnc(COC(=O)c2ccccc2NC(=O)Cn2cnnn2)o1. The number of nitrogens with zero attached hydrogens (tertiary/aromatic N) is 7. The standard InChI is InChI=1S/C23H18N8O5/c1-14-20(21(28-36-14)15-7-3-2-4-8-15)22-27-26-19(35-22)12-34-23(33)16-9-5-6-10-17(16)25-18(32)11-31-13-24-29-30-31/h2-10,13H,11-12H2,1H3,(H,25,32). The molecule has 13 nitrogen and oxygen atoms in total. The van der Waals surface area contributed by atoms with Crippen LogP contribution in [0.25, 0.3) is 22.7 Å². The molecule has 0 radical (unpaired) electrons. The van der Waals surface area contributed by atoms with Gasteiger partial charge in [-0.05, 0) is 29.5 Å². The van der Waals surface area contributed by atoms with E-state index in [-0.39, 0.29) is 36.2 Å². The average molecular weight is 486 g/mol. The first-order valence-electron chi connectivity index (χ1n) is 10.7. The maximum atomic E-state index is 12.7. The number of para-hydroxylation sites is 1. The summed E-state index contributed by atoms with van der Waals surface area (Å²) in [6, 6.07) is 15.9. The third kappa shape index (κ3) is 4.84. The molecular formula is C23H18N8O5. The molecule has 36 heavy (non-hydrogen) atoms. The van der Waals surface area contributed by atoms with Crippen molar-refractivity contribution in [3.8, 4) is 22.7 Å². The van der Waals surface area contributed by atoms with Crippen LogP contribution in [0.1, 0.15) is 22.0 Å². The largest absolute Gasteiger partial charge is 0.452 e. The van der Waals surface area contributed by atoms with Crippen LogP contribution < -0.4 is 5.32 Å². The molecule has 0 saturated carbocycles. The number of hydrogen-bond acceptors (Lipinski definition) is 11. The number of benzene rings is 2. The Bertz CT molecular complexity index is 1490. The van der Waals surface area contributed by atoms with E-state index in [1.165, 1.54) is 17.1 Å². The van der Waals surface area contributed by atoms with Crippen LogP contribution in [0.15, 0.2) is 69.9 Å². The average Bonchev–Trinajstić information content (AvgIpc) is 3.65. The van der Waals surface area contributed by atoms with E-state index in [1.54, 1.807) is 25.1 Å². The lowest BCUT2D eigenvalue weighted by Gasteiger charge is -2.10. The predicted octanol–water partition coefficient (Wildman–Crippen LogP) is 2.68. The van der Waals surface area contributed by atoms with Gasteiger partial charge in [0.05, 0.1) is 11.3 Å². The Morgan fingerprint density at radius 1 is 1.06 bits per heavy atom. The van der Waals surface area contributed by atoms with Crippen molar-refractivity contribution in [2.75, 3.05) is 5.32 Å². The fourth-order valence-corrected chi connectivity index (χ4v) is 3.39. The number of anilines is 1. The molecule has 3 aromatic heterocycles.